The summed E-state index contributed by atoms with van der Waals surface area (Å²) >= 11 is 3.12. The lowest BCUT2D eigenvalue weighted by Crippen LogP contribution is -2.10. The molecule has 0 bridgehead atoms. The van der Waals surface area contributed by atoms with Gasteiger partial charge in [-0.3, -0.25) is 9.89 Å². The van der Waals surface area contributed by atoms with Crippen molar-refractivity contribution in [2.75, 3.05) is 5.32 Å². The molecule has 0 radical (unpaired) electrons. The summed E-state index contributed by atoms with van der Waals surface area (Å²) in [5, 5.41) is 8.94. The Balaban J connectivity index is 2.14. The predicted molar refractivity (Wildman–Crippen MR) is 52.9 cm³/mol. The highest BCUT2D eigenvalue weighted by atomic mass is 79.9. The molecule has 2 rings (SSSR count). The summed E-state index contributed by atoms with van der Waals surface area (Å²) in [7, 11) is 0. The molecule has 14 heavy (non-hydrogen) atoms. The number of hydrogen-bond acceptors (Lipinski definition) is 3. The molecule has 0 saturated carbocycles. The van der Waals surface area contributed by atoms with Gasteiger partial charge in [-0.05, 0) is 22.0 Å². The third kappa shape index (κ3) is 1.69. The number of anilines is 1. The molecule has 1 amide bonds. The molecule has 2 heterocycles. The minimum absolute atomic E-state index is 0.243. The van der Waals surface area contributed by atoms with Crippen LogP contribution in [0.2, 0.25) is 0 Å². The van der Waals surface area contributed by atoms with E-state index in [1.807, 2.05) is 0 Å². The quantitative estimate of drug-likeness (QED) is 0.863. The van der Waals surface area contributed by atoms with Crippen LogP contribution in [0.25, 0.3) is 0 Å². The molecule has 0 atom stereocenters. The van der Waals surface area contributed by atoms with E-state index in [0.29, 0.717) is 15.9 Å². The molecule has 72 valence electrons. The molecule has 0 aliphatic heterocycles. The van der Waals surface area contributed by atoms with Gasteiger partial charge in [-0.15, -0.1) is 0 Å². The van der Waals surface area contributed by atoms with Crippen molar-refractivity contribution in [3.05, 3.63) is 35.0 Å². The van der Waals surface area contributed by atoms with E-state index in [1.54, 1.807) is 12.3 Å². The Kier molecular flexibility index (Phi) is 2.36. The molecule has 0 spiro atoms. The average Bonchev–Trinajstić information content (AvgIpc) is 2.75. The van der Waals surface area contributed by atoms with Crippen LogP contribution < -0.4 is 5.32 Å². The van der Waals surface area contributed by atoms with Crippen molar-refractivity contribution in [2.45, 2.75) is 0 Å². The van der Waals surface area contributed by atoms with E-state index in [0.717, 1.165) is 0 Å². The number of amides is 1. The molecular weight excluding hydrogens is 250 g/mol. The fourth-order valence-electron chi connectivity index (χ4n) is 0.973. The number of furan rings is 1. The second-order valence-corrected chi connectivity index (χ2v) is 3.27. The van der Waals surface area contributed by atoms with E-state index in [-0.39, 0.29) is 5.91 Å². The zero-order chi connectivity index (χ0) is 9.97. The summed E-state index contributed by atoms with van der Waals surface area (Å²) in [5.41, 5.74) is 1.06. The molecule has 6 heteroatoms. The van der Waals surface area contributed by atoms with E-state index in [9.17, 15) is 4.79 Å². The Morgan fingerprint density at radius 2 is 2.50 bits per heavy atom. The van der Waals surface area contributed by atoms with Crippen molar-refractivity contribution in [3.63, 3.8) is 0 Å². The number of nitrogens with one attached hydrogen (secondary N) is 2. The normalized spacial score (nSPS) is 10.1. The molecule has 0 fully saturated rings. The fraction of sp³-hybridized carbons (Fsp3) is 0. The van der Waals surface area contributed by atoms with E-state index >= 15 is 0 Å². The van der Waals surface area contributed by atoms with Crippen molar-refractivity contribution < 1.29 is 9.21 Å². The maximum absolute atomic E-state index is 11.6. The topological polar surface area (TPSA) is 70.9 Å². The number of aromatic amines is 1. The van der Waals surface area contributed by atoms with E-state index in [4.69, 9.17) is 4.42 Å². The fourth-order valence-corrected chi connectivity index (χ4v) is 1.39. The van der Waals surface area contributed by atoms with Crippen LogP contribution in [0.15, 0.2) is 33.8 Å². The number of carbonyl (C=O) groups excluding carboxylic acids is 1. The maximum Gasteiger partial charge on any atom is 0.260 e. The number of aromatic nitrogens is 2. The monoisotopic (exact) mass is 255 g/mol. The first-order chi connectivity index (χ1) is 6.77. The van der Waals surface area contributed by atoms with Gasteiger partial charge < -0.3 is 9.73 Å². The van der Waals surface area contributed by atoms with E-state index < -0.39 is 0 Å². The van der Waals surface area contributed by atoms with Gasteiger partial charge in [-0.1, -0.05) is 0 Å². The van der Waals surface area contributed by atoms with E-state index in [2.05, 4.69) is 31.4 Å². The van der Waals surface area contributed by atoms with Crippen LogP contribution in [0.4, 0.5) is 5.69 Å². The average molecular weight is 256 g/mol. The smallest absolute Gasteiger partial charge is 0.260 e. The second kappa shape index (κ2) is 3.67. The standard InChI is InChI=1S/C8H6BrN3O2/c9-7-6(1-2-14-7)8(13)12-5-3-10-11-4-5/h1-4H,(H,10,11)(H,12,13). The van der Waals surface area contributed by atoms with Gasteiger partial charge in [-0.2, -0.15) is 5.10 Å². The summed E-state index contributed by atoms with van der Waals surface area (Å²) < 4.78 is 5.35. The van der Waals surface area contributed by atoms with Crippen LogP contribution in [0, 0.1) is 0 Å². The van der Waals surface area contributed by atoms with Crippen molar-refractivity contribution in [3.8, 4) is 0 Å². The summed E-state index contributed by atoms with van der Waals surface area (Å²) in [6.45, 7) is 0. The highest BCUT2D eigenvalue weighted by Gasteiger charge is 2.12. The summed E-state index contributed by atoms with van der Waals surface area (Å²) in [5.74, 6) is -0.243. The molecule has 0 unspecified atom stereocenters. The lowest BCUT2D eigenvalue weighted by molar-refractivity contribution is 0.102. The number of carbonyl (C=O) groups is 1. The molecule has 0 aliphatic carbocycles. The second-order valence-electron chi connectivity index (χ2n) is 2.55. The first-order valence-corrected chi connectivity index (χ1v) is 4.60. The Morgan fingerprint density at radius 3 is 3.07 bits per heavy atom. The third-order valence-corrected chi connectivity index (χ3v) is 2.23. The number of halogens is 1. The first-order valence-electron chi connectivity index (χ1n) is 3.80. The summed E-state index contributed by atoms with van der Waals surface area (Å²) in [6, 6.07) is 1.58. The lowest BCUT2D eigenvalue weighted by atomic mass is 10.3. The van der Waals surface area contributed by atoms with Gasteiger partial charge in [0.05, 0.1) is 23.7 Å². The SMILES string of the molecule is O=C(Nc1cn[nH]c1)c1ccoc1Br. The lowest BCUT2D eigenvalue weighted by Gasteiger charge is -1.98. The van der Waals surface area contributed by atoms with Gasteiger partial charge in [0.1, 0.15) is 0 Å². The van der Waals surface area contributed by atoms with Crippen molar-refractivity contribution >= 4 is 27.5 Å². The molecule has 0 aromatic carbocycles. The van der Waals surface area contributed by atoms with E-state index in [1.165, 1.54) is 12.5 Å². The van der Waals surface area contributed by atoms with Crippen LogP contribution in [-0.2, 0) is 0 Å². The largest absolute Gasteiger partial charge is 0.457 e. The Hall–Kier alpha value is -1.56. The van der Waals surface area contributed by atoms with Crippen molar-refractivity contribution in [2.24, 2.45) is 0 Å². The molecule has 0 aliphatic rings. The molecular formula is C8H6BrN3O2. The minimum Gasteiger partial charge on any atom is -0.457 e. The van der Waals surface area contributed by atoms with Gasteiger partial charge in [0.15, 0.2) is 4.67 Å². The van der Waals surface area contributed by atoms with Gasteiger partial charge in [0.25, 0.3) is 5.91 Å². The third-order valence-electron chi connectivity index (χ3n) is 1.62. The molecule has 5 nitrogen and oxygen atoms in total. The zero-order valence-electron chi connectivity index (χ0n) is 6.95. The van der Waals surface area contributed by atoms with Gasteiger partial charge in [0, 0.05) is 6.20 Å². The van der Waals surface area contributed by atoms with Gasteiger partial charge >= 0.3 is 0 Å². The van der Waals surface area contributed by atoms with Crippen molar-refractivity contribution in [1.82, 2.24) is 10.2 Å². The Bertz CT molecular complexity index is 435. The molecule has 2 N–H and O–H groups in total. The highest BCUT2D eigenvalue weighted by molar-refractivity contribution is 9.10. The Labute approximate surface area is 87.6 Å². The zero-order valence-corrected chi connectivity index (χ0v) is 8.54. The summed E-state index contributed by atoms with van der Waals surface area (Å²) in [6.07, 6.45) is 4.55. The highest BCUT2D eigenvalue weighted by Crippen LogP contribution is 2.18. The van der Waals surface area contributed by atoms with Crippen LogP contribution in [-0.4, -0.2) is 16.1 Å². The Morgan fingerprint density at radius 1 is 1.64 bits per heavy atom. The van der Waals surface area contributed by atoms with Crippen LogP contribution in [0.1, 0.15) is 10.4 Å². The maximum atomic E-state index is 11.6. The molecule has 2 aromatic rings. The molecule has 2 aromatic heterocycles. The minimum atomic E-state index is -0.243. The van der Waals surface area contributed by atoms with Gasteiger partial charge in [-0.25, -0.2) is 0 Å². The predicted octanol–water partition coefficient (Wildman–Crippen LogP) is 2.02. The molecule has 0 saturated heterocycles. The van der Waals surface area contributed by atoms with Crippen LogP contribution in [0.5, 0.6) is 0 Å². The van der Waals surface area contributed by atoms with Crippen LogP contribution in [0.3, 0.4) is 0 Å². The number of H-pyrrole nitrogens is 1. The number of rotatable bonds is 2. The van der Waals surface area contributed by atoms with Crippen molar-refractivity contribution in [1.29, 1.82) is 0 Å². The summed E-state index contributed by atoms with van der Waals surface area (Å²) in [4.78, 5) is 11.6. The van der Waals surface area contributed by atoms with Gasteiger partial charge in [0.2, 0.25) is 0 Å². The number of nitrogens with zero attached hydrogens (tertiary/aromatic N) is 1. The number of hydrogen-bond donors (Lipinski definition) is 2. The first kappa shape index (κ1) is 9.01. The van der Waals surface area contributed by atoms with Crippen LogP contribution >= 0.6 is 15.9 Å².